The van der Waals surface area contributed by atoms with Gasteiger partial charge in [-0.05, 0) is 19.3 Å². The van der Waals surface area contributed by atoms with Crippen LogP contribution in [0.5, 0.6) is 0 Å². The zero-order chi connectivity index (χ0) is 12.7. The van der Waals surface area contributed by atoms with Crippen molar-refractivity contribution in [3.05, 3.63) is 11.6 Å². The summed E-state index contributed by atoms with van der Waals surface area (Å²) in [5.74, 6) is -0.167. The van der Waals surface area contributed by atoms with Gasteiger partial charge in [-0.3, -0.25) is 14.5 Å². The van der Waals surface area contributed by atoms with Crippen molar-refractivity contribution in [1.82, 2.24) is 4.90 Å². The Morgan fingerprint density at radius 1 is 1.00 bits per heavy atom. The van der Waals surface area contributed by atoms with Crippen LogP contribution in [0.15, 0.2) is 11.6 Å². The third kappa shape index (κ3) is 3.99. The van der Waals surface area contributed by atoms with Crippen molar-refractivity contribution in [2.24, 2.45) is 0 Å². The summed E-state index contributed by atoms with van der Waals surface area (Å²) in [7, 11) is 0. The molecule has 0 aromatic rings. The highest BCUT2D eigenvalue weighted by Crippen LogP contribution is 2.19. The van der Waals surface area contributed by atoms with E-state index in [2.05, 4.69) is 13.8 Å². The number of imide groups is 1. The fraction of sp³-hybridized carbons (Fsp3) is 0.714. The molecule has 2 amide bonds. The SMILES string of the molecule is CCCCCC1=CC(=O)N(CCCCC)C1=O. The van der Waals surface area contributed by atoms with E-state index in [1.165, 1.54) is 11.0 Å². The van der Waals surface area contributed by atoms with Crippen LogP contribution in [-0.4, -0.2) is 23.3 Å². The van der Waals surface area contributed by atoms with E-state index in [4.69, 9.17) is 0 Å². The molecule has 0 fully saturated rings. The molecule has 0 N–H and O–H groups in total. The van der Waals surface area contributed by atoms with E-state index in [-0.39, 0.29) is 11.8 Å². The van der Waals surface area contributed by atoms with Crippen LogP contribution in [0.4, 0.5) is 0 Å². The van der Waals surface area contributed by atoms with E-state index in [0.29, 0.717) is 12.1 Å². The van der Waals surface area contributed by atoms with Gasteiger partial charge in [0, 0.05) is 18.2 Å². The molecule has 17 heavy (non-hydrogen) atoms. The third-order valence-corrected chi connectivity index (χ3v) is 3.12. The summed E-state index contributed by atoms with van der Waals surface area (Å²) in [6, 6.07) is 0. The molecule has 0 saturated carbocycles. The van der Waals surface area contributed by atoms with E-state index in [0.717, 1.165) is 44.9 Å². The number of carbonyl (C=O) groups excluding carboxylic acids is 2. The lowest BCUT2D eigenvalue weighted by Crippen LogP contribution is -2.32. The summed E-state index contributed by atoms with van der Waals surface area (Å²) in [4.78, 5) is 25.0. The van der Waals surface area contributed by atoms with Crippen molar-refractivity contribution >= 4 is 11.8 Å². The summed E-state index contributed by atoms with van der Waals surface area (Å²) in [6.07, 6.45) is 8.64. The minimum absolute atomic E-state index is 0.0535. The molecular formula is C14H23NO2. The topological polar surface area (TPSA) is 37.4 Å². The number of unbranched alkanes of at least 4 members (excludes halogenated alkanes) is 4. The van der Waals surface area contributed by atoms with E-state index in [1.807, 2.05) is 0 Å². The van der Waals surface area contributed by atoms with Crippen molar-refractivity contribution in [3.8, 4) is 0 Å². The summed E-state index contributed by atoms with van der Waals surface area (Å²) in [6.45, 7) is 4.83. The number of amides is 2. The summed E-state index contributed by atoms with van der Waals surface area (Å²) in [5.41, 5.74) is 0.708. The van der Waals surface area contributed by atoms with Gasteiger partial charge in [0.25, 0.3) is 11.8 Å². The zero-order valence-corrected chi connectivity index (χ0v) is 11.0. The van der Waals surface area contributed by atoms with Gasteiger partial charge in [-0.2, -0.15) is 0 Å². The first-order chi connectivity index (χ1) is 8.20. The van der Waals surface area contributed by atoms with Crippen LogP contribution in [0.3, 0.4) is 0 Å². The predicted molar refractivity (Wildman–Crippen MR) is 68.5 cm³/mol. The van der Waals surface area contributed by atoms with Crippen LogP contribution in [0, 0.1) is 0 Å². The highest BCUT2D eigenvalue weighted by Gasteiger charge is 2.29. The molecule has 1 rings (SSSR count). The molecule has 0 aliphatic carbocycles. The molecule has 1 aliphatic heterocycles. The largest absolute Gasteiger partial charge is 0.275 e. The Bertz CT molecular complexity index is 307. The van der Waals surface area contributed by atoms with Crippen LogP contribution in [0.25, 0.3) is 0 Å². The van der Waals surface area contributed by atoms with Gasteiger partial charge in [0.2, 0.25) is 0 Å². The maximum atomic E-state index is 11.9. The van der Waals surface area contributed by atoms with Gasteiger partial charge < -0.3 is 0 Å². The Morgan fingerprint density at radius 3 is 2.29 bits per heavy atom. The average molecular weight is 237 g/mol. The molecule has 1 heterocycles. The molecule has 96 valence electrons. The van der Waals surface area contributed by atoms with Crippen LogP contribution < -0.4 is 0 Å². The maximum absolute atomic E-state index is 11.9. The van der Waals surface area contributed by atoms with Gasteiger partial charge in [-0.25, -0.2) is 0 Å². The van der Waals surface area contributed by atoms with Crippen molar-refractivity contribution in [2.45, 2.75) is 58.8 Å². The molecule has 1 aliphatic rings. The molecule has 0 unspecified atom stereocenters. The third-order valence-electron chi connectivity index (χ3n) is 3.12. The quantitative estimate of drug-likeness (QED) is 0.480. The number of carbonyl (C=O) groups is 2. The number of rotatable bonds is 8. The first kappa shape index (κ1) is 13.9. The molecule has 0 bridgehead atoms. The van der Waals surface area contributed by atoms with Crippen LogP contribution in [-0.2, 0) is 9.59 Å². The highest BCUT2D eigenvalue weighted by molar-refractivity contribution is 6.16. The zero-order valence-electron chi connectivity index (χ0n) is 11.0. The van der Waals surface area contributed by atoms with Gasteiger partial charge >= 0.3 is 0 Å². The number of hydrogen-bond acceptors (Lipinski definition) is 2. The van der Waals surface area contributed by atoms with Gasteiger partial charge in [0.15, 0.2) is 0 Å². The molecule has 0 spiro atoms. The second-order valence-corrected chi connectivity index (χ2v) is 4.63. The van der Waals surface area contributed by atoms with E-state index in [9.17, 15) is 9.59 Å². The molecule has 0 aromatic carbocycles. The number of nitrogens with zero attached hydrogens (tertiary/aromatic N) is 1. The van der Waals surface area contributed by atoms with Crippen molar-refractivity contribution in [2.75, 3.05) is 6.54 Å². The molecular weight excluding hydrogens is 214 g/mol. The van der Waals surface area contributed by atoms with Gasteiger partial charge in [0.05, 0.1) is 0 Å². The molecule has 0 saturated heterocycles. The number of hydrogen-bond donors (Lipinski definition) is 0. The maximum Gasteiger partial charge on any atom is 0.256 e. The molecule has 0 atom stereocenters. The molecule has 3 heteroatoms. The average Bonchev–Trinajstić information content (AvgIpc) is 2.57. The second kappa shape index (κ2) is 7.25. The molecule has 0 aromatic heterocycles. The molecule has 3 nitrogen and oxygen atoms in total. The fourth-order valence-electron chi connectivity index (χ4n) is 2.04. The Labute approximate surface area is 104 Å². The Morgan fingerprint density at radius 2 is 1.65 bits per heavy atom. The van der Waals surface area contributed by atoms with Crippen LogP contribution >= 0.6 is 0 Å². The second-order valence-electron chi connectivity index (χ2n) is 4.63. The Hall–Kier alpha value is -1.12. The van der Waals surface area contributed by atoms with E-state index >= 15 is 0 Å². The normalized spacial score (nSPS) is 15.6. The lowest BCUT2D eigenvalue weighted by Gasteiger charge is -2.14. The fourth-order valence-corrected chi connectivity index (χ4v) is 2.04. The summed E-state index contributed by atoms with van der Waals surface area (Å²) < 4.78 is 0. The van der Waals surface area contributed by atoms with Crippen molar-refractivity contribution in [1.29, 1.82) is 0 Å². The highest BCUT2D eigenvalue weighted by atomic mass is 16.2. The first-order valence-electron chi connectivity index (χ1n) is 6.77. The Balaban J connectivity index is 2.41. The van der Waals surface area contributed by atoms with Crippen molar-refractivity contribution < 1.29 is 9.59 Å². The van der Waals surface area contributed by atoms with E-state index in [1.54, 1.807) is 0 Å². The van der Waals surface area contributed by atoms with Gasteiger partial charge in [0.1, 0.15) is 0 Å². The Kier molecular flexibility index (Phi) is 5.95. The standard InChI is InChI=1S/C14H23NO2/c1-3-5-7-9-12-11-13(16)15(14(12)17)10-8-6-4-2/h11H,3-10H2,1-2H3. The van der Waals surface area contributed by atoms with Gasteiger partial charge in [-0.1, -0.05) is 39.5 Å². The van der Waals surface area contributed by atoms with Crippen molar-refractivity contribution in [3.63, 3.8) is 0 Å². The molecule has 0 radical (unpaired) electrons. The predicted octanol–water partition coefficient (Wildman–Crippen LogP) is 3.05. The van der Waals surface area contributed by atoms with Crippen LogP contribution in [0.2, 0.25) is 0 Å². The lowest BCUT2D eigenvalue weighted by atomic mass is 10.1. The summed E-state index contributed by atoms with van der Waals surface area (Å²) in [5, 5.41) is 0. The summed E-state index contributed by atoms with van der Waals surface area (Å²) >= 11 is 0. The van der Waals surface area contributed by atoms with E-state index < -0.39 is 0 Å². The first-order valence-corrected chi connectivity index (χ1v) is 6.77. The van der Waals surface area contributed by atoms with Gasteiger partial charge in [-0.15, -0.1) is 0 Å². The smallest absolute Gasteiger partial charge is 0.256 e. The minimum Gasteiger partial charge on any atom is -0.275 e. The minimum atomic E-state index is -0.113. The monoisotopic (exact) mass is 237 g/mol. The van der Waals surface area contributed by atoms with Crippen LogP contribution in [0.1, 0.15) is 58.8 Å². The lowest BCUT2D eigenvalue weighted by molar-refractivity contribution is -0.137.